The third-order valence-electron chi connectivity index (χ3n) is 3.03. The van der Waals surface area contributed by atoms with Crippen molar-refractivity contribution in [2.75, 3.05) is 7.11 Å². The van der Waals surface area contributed by atoms with E-state index < -0.39 is 11.9 Å². The van der Waals surface area contributed by atoms with Gasteiger partial charge >= 0.3 is 5.97 Å². The topological polar surface area (TPSA) is 46.5 Å². The summed E-state index contributed by atoms with van der Waals surface area (Å²) in [5.41, 5.74) is 2.41. The average molecular weight is 264 g/mol. The van der Waals surface area contributed by atoms with Crippen LogP contribution in [0.15, 0.2) is 18.2 Å². The number of hydrogen-bond acceptors (Lipinski definition) is 2. The summed E-state index contributed by atoms with van der Waals surface area (Å²) in [5.74, 6) is -0.409. The molecule has 1 aromatic rings. The zero-order chi connectivity index (χ0) is 14.6. The zero-order valence-electron chi connectivity index (χ0n) is 12.5. The minimum Gasteiger partial charge on any atom is -0.496 e. The first kappa shape index (κ1) is 15.5. The molecule has 1 unspecified atom stereocenters. The van der Waals surface area contributed by atoms with E-state index in [0.29, 0.717) is 6.42 Å². The molecule has 1 rings (SSSR count). The Balaban J connectivity index is 2.99. The summed E-state index contributed by atoms with van der Waals surface area (Å²) in [4.78, 5) is 11.0. The molecule has 3 nitrogen and oxygen atoms in total. The normalized spacial score (nSPS) is 13.1. The van der Waals surface area contributed by atoms with E-state index in [4.69, 9.17) is 9.84 Å². The smallest absolute Gasteiger partial charge is 0.306 e. The summed E-state index contributed by atoms with van der Waals surface area (Å²) in [5, 5.41) is 9.02. The van der Waals surface area contributed by atoms with Crippen LogP contribution in [-0.4, -0.2) is 18.2 Å². The van der Waals surface area contributed by atoms with E-state index in [2.05, 4.69) is 32.9 Å². The van der Waals surface area contributed by atoms with Gasteiger partial charge in [-0.05, 0) is 35.4 Å². The highest BCUT2D eigenvalue weighted by Gasteiger charge is 2.17. The van der Waals surface area contributed by atoms with Gasteiger partial charge in [0.2, 0.25) is 0 Å². The molecule has 106 valence electrons. The number of carboxylic acid groups (broad SMARTS) is 1. The minimum atomic E-state index is -0.775. The first-order valence-electron chi connectivity index (χ1n) is 6.61. The molecule has 0 bridgehead atoms. The van der Waals surface area contributed by atoms with Gasteiger partial charge < -0.3 is 9.84 Å². The molecule has 0 fully saturated rings. The second kappa shape index (κ2) is 6.09. The van der Waals surface area contributed by atoms with Crippen LogP contribution >= 0.6 is 0 Å². The van der Waals surface area contributed by atoms with Gasteiger partial charge in [-0.15, -0.1) is 0 Å². The summed E-state index contributed by atoms with van der Waals surface area (Å²) in [6.45, 7) is 8.29. The Bertz CT molecular complexity index is 444. The maximum Gasteiger partial charge on any atom is 0.306 e. The van der Waals surface area contributed by atoms with Crippen LogP contribution in [0.5, 0.6) is 5.75 Å². The fraction of sp³-hybridized carbons (Fsp3) is 0.562. The molecule has 0 aliphatic rings. The maximum absolute atomic E-state index is 11.0. The second-order valence-corrected chi connectivity index (χ2v) is 6.33. The van der Waals surface area contributed by atoms with Crippen molar-refractivity contribution in [1.29, 1.82) is 0 Å². The highest BCUT2D eigenvalue weighted by Crippen LogP contribution is 2.27. The second-order valence-electron chi connectivity index (χ2n) is 6.33. The van der Waals surface area contributed by atoms with Crippen LogP contribution in [-0.2, 0) is 17.6 Å². The summed E-state index contributed by atoms with van der Waals surface area (Å²) in [6.07, 6.45) is 1.46. The number of aliphatic carboxylic acids is 1. The van der Waals surface area contributed by atoms with Crippen LogP contribution in [0.2, 0.25) is 0 Å². The largest absolute Gasteiger partial charge is 0.496 e. The molecule has 0 amide bonds. The van der Waals surface area contributed by atoms with E-state index in [1.807, 2.05) is 6.07 Å². The van der Waals surface area contributed by atoms with Crippen molar-refractivity contribution in [3.63, 3.8) is 0 Å². The van der Waals surface area contributed by atoms with E-state index >= 15 is 0 Å². The third-order valence-corrected chi connectivity index (χ3v) is 3.03. The van der Waals surface area contributed by atoms with Gasteiger partial charge in [-0.25, -0.2) is 0 Å². The van der Waals surface area contributed by atoms with Crippen LogP contribution in [0.1, 0.15) is 38.8 Å². The molecule has 0 radical (unpaired) electrons. The Hall–Kier alpha value is -1.51. The molecule has 0 aromatic heterocycles. The number of methoxy groups -OCH3 is 1. The molecule has 0 aliphatic carbocycles. The van der Waals surface area contributed by atoms with Gasteiger partial charge in [0.1, 0.15) is 5.75 Å². The van der Waals surface area contributed by atoms with Gasteiger partial charge in [-0.1, -0.05) is 39.8 Å². The first-order valence-corrected chi connectivity index (χ1v) is 6.61. The number of ether oxygens (including phenoxy) is 1. The molecular weight excluding hydrogens is 240 g/mol. The molecule has 1 aromatic carbocycles. The van der Waals surface area contributed by atoms with Crippen LogP contribution in [0.25, 0.3) is 0 Å². The molecule has 1 atom stereocenters. The summed E-state index contributed by atoms with van der Waals surface area (Å²) in [7, 11) is 1.62. The molecule has 3 heteroatoms. The highest BCUT2D eigenvalue weighted by atomic mass is 16.5. The molecule has 0 heterocycles. The lowest BCUT2D eigenvalue weighted by Gasteiger charge is -2.20. The number of benzene rings is 1. The van der Waals surface area contributed by atoms with Crippen molar-refractivity contribution >= 4 is 5.97 Å². The monoisotopic (exact) mass is 264 g/mol. The standard InChI is InChI=1S/C16H24O3/c1-11(15(17)18)8-13-9-12(10-16(2,3)4)6-7-14(13)19-5/h6-7,9,11H,8,10H2,1-5H3,(H,17,18). The van der Waals surface area contributed by atoms with Crippen molar-refractivity contribution in [3.8, 4) is 5.75 Å². The van der Waals surface area contributed by atoms with Crippen LogP contribution in [0.3, 0.4) is 0 Å². The quantitative estimate of drug-likeness (QED) is 0.884. The van der Waals surface area contributed by atoms with Crippen LogP contribution < -0.4 is 4.74 Å². The number of carbonyl (C=O) groups is 1. The molecule has 0 saturated heterocycles. The van der Waals surface area contributed by atoms with Crippen molar-refractivity contribution < 1.29 is 14.6 Å². The van der Waals surface area contributed by atoms with Gasteiger partial charge in [-0.2, -0.15) is 0 Å². The lowest BCUT2D eigenvalue weighted by molar-refractivity contribution is -0.141. The molecule has 0 saturated carbocycles. The Kier molecular flexibility index (Phi) is 4.98. The summed E-state index contributed by atoms with van der Waals surface area (Å²) < 4.78 is 5.32. The summed E-state index contributed by atoms with van der Waals surface area (Å²) in [6, 6.07) is 6.06. The van der Waals surface area contributed by atoms with Crippen molar-refractivity contribution in [3.05, 3.63) is 29.3 Å². The molecule has 0 spiro atoms. The number of carboxylic acids is 1. The molecule has 19 heavy (non-hydrogen) atoms. The molecular formula is C16H24O3. The fourth-order valence-electron chi connectivity index (χ4n) is 2.13. The number of hydrogen-bond donors (Lipinski definition) is 1. The lowest BCUT2D eigenvalue weighted by Crippen LogP contribution is -2.14. The van der Waals surface area contributed by atoms with Gasteiger partial charge in [0.15, 0.2) is 0 Å². The zero-order valence-corrected chi connectivity index (χ0v) is 12.5. The number of rotatable bonds is 5. The maximum atomic E-state index is 11.0. The minimum absolute atomic E-state index is 0.213. The van der Waals surface area contributed by atoms with Crippen molar-refractivity contribution in [2.45, 2.75) is 40.5 Å². The first-order chi connectivity index (χ1) is 8.73. The van der Waals surface area contributed by atoms with Crippen molar-refractivity contribution in [1.82, 2.24) is 0 Å². The Morgan fingerprint density at radius 3 is 2.47 bits per heavy atom. The molecule has 1 N–H and O–H groups in total. The van der Waals surface area contributed by atoms with E-state index in [-0.39, 0.29) is 5.41 Å². The van der Waals surface area contributed by atoms with E-state index in [1.54, 1.807) is 14.0 Å². The van der Waals surface area contributed by atoms with Gasteiger partial charge in [0.05, 0.1) is 13.0 Å². The van der Waals surface area contributed by atoms with Gasteiger partial charge in [0.25, 0.3) is 0 Å². The SMILES string of the molecule is COc1ccc(CC(C)(C)C)cc1CC(C)C(=O)O. The third kappa shape index (κ3) is 4.93. The van der Waals surface area contributed by atoms with Gasteiger partial charge in [-0.3, -0.25) is 4.79 Å². The Morgan fingerprint density at radius 1 is 1.37 bits per heavy atom. The van der Waals surface area contributed by atoms with Crippen molar-refractivity contribution in [2.24, 2.45) is 11.3 Å². The fourth-order valence-corrected chi connectivity index (χ4v) is 2.13. The van der Waals surface area contributed by atoms with Crippen LogP contribution in [0.4, 0.5) is 0 Å². The predicted octanol–water partition coefficient (Wildman–Crippen LogP) is 3.55. The van der Waals surface area contributed by atoms with Crippen LogP contribution in [0, 0.1) is 11.3 Å². The Morgan fingerprint density at radius 2 is 2.00 bits per heavy atom. The predicted molar refractivity (Wildman–Crippen MR) is 76.7 cm³/mol. The molecule has 0 aliphatic heterocycles. The van der Waals surface area contributed by atoms with E-state index in [1.165, 1.54) is 5.56 Å². The lowest BCUT2D eigenvalue weighted by atomic mass is 9.87. The Labute approximate surface area is 115 Å². The van der Waals surface area contributed by atoms with E-state index in [9.17, 15) is 4.79 Å². The van der Waals surface area contributed by atoms with Gasteiger partial charge in [0, 0.05) is 0 Å². The summed E-state index contributed by atoms with van der Waals surface area (Å²) >= 11 is 0. The highest BCUT2D eigenvalue weighted by molar-refractivity contribution is 5.70. The van der Waals surface area contributed by atoms with E-state index in [0.717, 1.165) is 17.7 Å². The average Bonchev–Trinajstić information content (AvgIpc) is 2.27.